The zero-order chi connectivity index (χ0) is 14.6. The van der Waals surface area contributed by atoms with Crippen molar-refractivity contribution in [1.29, 1.82) is 0 Å². The van der Waals surface area contributed by atoms with Gasteiger partial charge in [0.2, 0.25) is 10.0 Å². The predicted octanol–water partition coefficient (Wildman–Crippen LogP) is 1.17. The zero-order valence-corrected chi connectivity index (χ0v) is 12.7. The Labute approximate surface area is 124 Å². The summed E-state index contributed by atoms with van der Waals surface area (Å²) in [6.45, 7) is 0.962. The van der Waals surface area contributed by atoms with E-state index in [4.69, 9.17) is 22.7 Å². The van der Waals surface area contributed by atoms with Gasteiger partial charge < -0.3 is 10.5 Å². The van der Waals surface area contributed by atoms with E-state index in [-0.39, 0.29) is 22.5 Å². The Morgan fingerprint density at radius 1 is 1.40 bits per heavy atom. The number of ether oxygens (including phenoxy) is 1. The maximum absolute atomic E-state index is 12.3. The maximum Gasteiger partial charge on any atom is 0.241 e. The molecule has 0 aromatic heterocycles. The number of rotatable bonds is 5. The summed E-state index contributed by atoms with van der Waals surface area (Å²) in [6, 6.07) is 6.46. The van der Waals surface area contributed by atoms with Crippen LogP contribution in [-0.2, 0) is 14.8 Å². The average Bonchev–Trinajstić information content (AvgIpc) is 2.46. The van der Waals surface area contributed by atoms with Crippen LogP contribution in [-0.4, -0.2) is 32.7 Å². The first kappa shape index (κ1) is 15.4. The summed E-state index contributed by atoms with van der Waals surface area (Å²) in [5.74, 6) is 0. The van der Waals surface area contributed by atoms with Gasteiger partial charge in [0, 0.05) is 18.7 Å². The van der Waals surface area contributed by atoms with Crippen LogP contribution in [0, 0.1) is 0 Å². The number of sulfonamides is 1. The standard InChI is InChI=1S/C13H18N2O3S2/c14-13(19)11-6-1-2-7-12(11)20(16,17)15-9-10-5-3-4-8-18-10/h1-2,6-7,10,15H,3-5,8-9H2,(H2,14,19). The number of nitrogens with two attached hydrogens (primary N) is 1. The van der Waals surface area contributed by atoms with E-state index in [0.29, 0.717) is 12.2 Å². The van der Waals surface area contributed by atoms with Gasteiger partial charge in [-0.15, -0.1) is 0 Å². The fourth-order valence-corrected chi connectivity index (χ4v) is 3.68. The van der Waals surface area contributed by atoms with E-state index in [1.807, 2.05) is 0 Å². The van der Waals surface area contributed by atoms with Gasteiger partial charge in [-0.25, -0.2) is 13.1 Å². The summed E-state index contributed by atoms with van der Waals surface area (Å²) in [5.41, 5.74) is 5.93. The van der Waals surface area contributed by atoms with E-state index in [0.717, 1.165) is 19.3 Å². The van der Waals surface area contributed by atoms with Crippen molar-refractivity contribution in [3.8, 4) is 0 Å². The minimum absolute atomic E-state index is 0.0597. The molecule has 1 aromatic rings. The van der Waals surface area contributed by atoms with E-state index >= 15 is 0 Å². The topological polar surface area (TPSA) is 81.4 Å². The maximum atomic E-state index is 12.3. The molecular weight excluding hydrogens is 296 g/mol. The quantitative estimate of drug-likeness (QED) is 0.797. The third-order valence-electron chi connectivity index (χ3n) is 3.22. The van der Waals surface area contributed by atoms with Crippen molar-refractivity contribution in [2.75, 3.05) is 13.2 Å². The fourth-order valence-electron chi connectivity index (χ4n) is 2.15. The Balaban J connectivity index is 2.12. The number of thiocarbonyl (C=S) groups is 1. The summed E-state index contributed by atoms with van der Waals surface area (Å²) in [7, 11) is -3.63. The lowest BCUT2D eigenvalue weighted by Crippen LogP contribution is -2.36. The average molecular weight is 314 g/mol. The van der Waals surface area contributed by atoms with Crippen LogP contribution in [0.15, 0.2) is 29.2 Å². The van der Waals surface area contributed by atoms with Crippen molar-refractivity contribution >= 4 is 27.2 Å². The molecule has 3 N–H and O–H groups in total. The van der Waals surface area contributed by atoms with Crippen LogP contribution in [0.5, 0.6) is 0 Å². The van der Waals surface area contributed by atoms with Crippen molar-refractivity contribution < 1.29 is 13.2 Å². The Kier molecular flexibility index (Phi) is 5.09. The molecule has 1 heterocycles. The molecule has 0 radical (unpaired) electrons. The van der Waals surface area contributed by atoms with Gasteiger partial charge in [0.1, 0.15) is 4.99 Å². The SMILES string of the molecule is NC(=S)c1ccccc1S(=O)(=O)NCC1CCCCO1. The predicted molar refractivity (Wildman–Crippen MR) is 81.1 cm³/mol. The first-order valence-corrected chi connectivity index (χ1v) is 8.40. The molecule has 0 aliphatic carbocycles. The molecule has 0 bridgehead atoms. The molecule has 0 saturated carbocycles. The summed E-state index contributed by atoms with van der Waals surface area (Å²) in [5, 5.41) is 0. The zero-order valence-electron chi connectivity index (χ0n) is 11.0. The fraction of sp³-hybridized carbons (Fsp3) is 0.462. The second-order valence-corrected chi connectivity index (χ2v) is 6.88. The monoisotopic (exact) mass is 314 g/mol. The van der Waals surface area contributed by atoms with Crippen LogP contribution >= 0.6 is 12.2 Å². The third-order valence-corrected chi connectivity index (χ3v) is 4.92. The lowest BCUT2D eigenvalue weighted by atomic mass is 10.1. The molecule has 1 aromatic carbocycles. The normalized spacial score (nSPS) is 19.7. The van der Waals surface area contributed by atoms with Gasteiger partial charge in [-0.1, -0.05) is 30.4 Å². The molecule has 1 saturated heterocycles. The smallest absolute Gasteiger partial charge is 0.241 e. The summed E-state index contributed by atoms with van der Waals surface area (Å²) in [4.78, 5) is 0.184. The van der Waals surface area contributed by atoms with E-state index in [9.17, 15) is 8.42 Å². The number of benzene rings is 1. The largest absolute Gasteiger partial charge is 0.389 e. The highest BCUT2D eigenvalue weighted by molar-refractivity contribution is 7.89. The van der Waals surface area contributed by atoms with Crippen LogP contribution in [0.25, 0.3) is 0 Å². The highest BCUT2D eigenvalue weighted by Gasteiger charge is 2.22. The summed E-state index contributed by atoms with van der Waals surface area (Å²) >= 11 is 4.89. The van der Waals surface area contributed by atoms with Crippen LogP contribution in [0.2, 0.25) is 0 Å². The molecule has 1 fully saturated rings. The van der Waals surface area contributed by atoms with Gasteiger partial charge in [0.25, 0.3) is 0 Å². The highest BCUT2D eigenvalue weighted by atomic mass is 32.2. The Morgan fingerprint density at radius 2 is 2.15 bits per heavy atom. The molecular formula is C13H18N2O3S2. The first-order valence-electron chi connectivity index (χ1n) is 6.51. The van der Waals surface area contributed by atoms with Crippen molar-refractivity contribution in [1.82, 2.24) is 4.72 Å². The van der Waals surface area contributed by atoms with Crippen LogP contribution < -0.4 is 10.5 Å². The molecule has 0 amide bonds. The third kappa shape index (κ3) is 3.76. The van der Waals surface area contributed by atoms with Crippen molar-refractivity contribution in [2.45, 2.75) is 30.3 Å². The van der Waals surface area contributed by atoms with E-state index in [2.05, 4.69) is 4.72 Å². The number of hydrogen-bond donors (Lipinski definition) is 2. The van der Waals surface area contributed by atoms with Crippen LogP contribution in [0.4, 0.5) is 0 Å². The minimum atomic E-state index is -3.63. The highest BCUT2D eigenvalue weighted by Crippen LogP contribution is 2.16. The lowest BCUT2D eigenvalue weighted by Gasteiger charge is -2.22. The molecule has 110 valence electrons. The van der Waals surface area contributed by atoms with Gasteiger partial charge >= 0.3 is 0 Å². The molecule has 1 unspecified atom stereocenters. The van der Waals surface area contributed by atoms with Gasteiger partial charge in [-0.2, -0.15) is 0 Å². The second kappa shape index (κ2) is 6.62. The Hall–Kier alpha value is -1.02. The van der Waals surface area contributed by atoms with Crippen molar-refractivity contribution in [3.05, 3.63) is 29.8 Å². The summed E-state index contributed by atoms with van der Waals surface area (Å²) in [6.07, 6.45) is 2.92. The van der Waals surface area contributed by atoms with Gasteiger partial charge in [-0.3, -0.25) is 0 Å². The first-order chi connectivity index (χ1) is 9.50. The molecule has 5 nitrogen and oxygen atoms in total. The molecule has 7 heteroatoms. The van der Waals surface area contributed by atoms with E-state index in [1.165, 1.54) is 6.07 Å². The van der Waals surface area contributed by atoms with Gasteiger partial charge in [-0.05, 0) is 25.3 Å². The van der Waals surface area contributed by atoms with Crippen LogP contribution in [0.1, 0.15) is 24.8 Å². The molecule has 0 spiro atoms. The molecule has 2 rings (SSSR count). The van der Waals surface area contributed by atoms with E-state index < -0.39 is 10.0 Å². The number of nitrogens with one attached hydrogen (secondary N) is 1. The Bertz CT molecular complexity index is 581. The minimum Gasteiger partial charge on any atom is -0.389 e. The molecule has 20 heavy (non-hydrogen) atoms. The van der Waals surface area contributed by atoms with Crippen molar-refractivity contribution in [3.63, 3.8) is 0 Å². The molecule has 1 atom stereocenters. The lowest BCUT2D eigenvalue weighted by molar-refractivity contribution is 0.0200. The number of hydrogen-bond acceptors (Lipinski definition) is 4. The second-order valence-electron chi connectivity index (χ2n) is 4.70. The van der Waals surface area contributed by atoms with E-state index in [1.54, 1.807) is 18.2 Å². The Morgan fingerprint density at radius 3 is 2.80 bits per heavy atom. The summed E-state index contributed by atoms with van der Waals surface area (Å²) < 4.78 is 32.7. The van der Waals surface area contributed by atoms with Gasteiger partial charge in [0.05, 0.1) is 11.0 Å². The van der Waals surface area contributed by atoms with Gasteiger partial charge in [0.15, 0.2) is 0 Å². The molecule has 1 aliphatic rings. The van der Waals surface area contributed by atoms with Crippen LogP contribution in [0.3, 0.4) is 0 Å². The van der Waals surface area contributed by atoms with Crippen molar-refractivity contribution in [2.24, 2.45) is 5.73 Å². The molecule has 1 aliphatic heterocycles.